The molecule has 0 atom stereocenters. The van der Waals surface area contributed by atoms with Gasteiger partial charge in [0.05, 0.1) is 6.42 Å². The highest BCUT2D eigenvalue weighted by molar-refractivity contribution is 9.10. The predicted molar refractivity (Wildman–Crippen MR) is 103 cm³/mol. The zero-order chi connectivity index (χ0) is 17.1. The molecule has 3 nitrogen and oxygen atoms in total. The van der Waals surface area contributed by atoms with E-state index in [0.717, 1.165) is 36.2 Å². The summed E-state index contributed by atoms with van der Waals surface area (Å²) in [6.07, 6.45) is 0.463. The van der Waals surface area contributed by atoms with Gasteiger partial charge < -0.3 is 9.80 Å². The van der Waals surface area contributed by atoms with E-state index in [-0.39, 0.29) is 5.91 Å². The van der Waals surface area contributed by atoms with Crippen molar-refractivity contribution >= 4 is 27.5 Å². The van der Waals surface area contributed by atoms with E-state index in [2.05, 4.69) is 52.9 Å². The Balaban J connectivity index is 1.60. The second-order valence-electron chi connectivity index (χ2n) is 6.48. The van der Waals surface area contributed by atoms with Crippen LogP contribution in [0.2, 0.25) is 0 Å². The Morgan fingerprint density at radius 2 is 1.62 bits per heavy atom. The number of aryl methyl sites for hydroxylation is 2. The fourth-order valence-electron chi connectivity index (χ4n) is 3.26. The molecule has 0 aliphatic carbocycles. The van der Waals surface area contributed by atoms with E-state index < -0.39 is 0 Å². The minimum atomic E-state index is 0.210. The summed E-state index contributed by atoms with van der Waals surface area (Å²) in [5.74, 6) is 0.210. The van der Waals surface area contributed by atoms with E-state index in [9.17, 15) is 4.79 Å². The summed E-state index contributed by atoms with van der Waals surface area (Å²) in [5, 5.41) is 0. The lowest BCUT2D eigenvalue weighted by molar-refractivity contribution is -0.130. The van der Waals surface area contributed by atoms with Crippen molar-refractivity contribution < 1.29 is 4.79 Å². The number of nitrogens with zero attached hydrogens (tertiary/aromatic N) is 2. The Hall–Kier alpha value is -1.81. The van der Waals surface area contributed by atoms with Crippen LogP contribution in [0.1, 0.15) is 16.7 Å². The molecule has 1 aliphatic heterocycles. The van der Waals surface area contributed by atoms with Crippen LogP contribution in [0.15, 0.2) is 46.9 Å². The summed E-state index contributed by atoms with van der Waals surface area (Å²) in [6, 6.07) is 14.6. The highest BCUT2D eigenvalue weighted by Crippen LogP contribution is 2.21. The molecule has 1 saturated heterocycles. The average molecular weight is 387 g/mol. The molecule has 126 valence electrons. The highest BCUT2D eigenvalue weighted by Gasteiger charge is 2.22. The Labute approximate surface area is 152 Å². The maximum Gasteiger partial charge on any atom is 0.227 e. The van der Waals surface area contributed by atoms with Gasteiger partial charge in [0.25, 0.3) is 0 Å². The molecule has 24 heavy (non-hydrogen) atoms. The fraction of sp³-hybridized carbons (Fsp3) is 0.350. The molecule has 4 heteroatoms. The monoisotopic (exact) mass is 386 g/mol. The molecule has 0 saturated carbocycles. The Morgan fingerprint density at radius 1 is 1.00 bits per heavy atom. The van der Waals surface area contributed by atoms with Gasteiger partial charge in [0.15, 0.2) is 0 Å². The van der Waals surface area contributed by atoms with Gasteiger partial charge in [-0.15, -0.1) is 0 Å². The molecule has 3 rings (SSSR count). The number of rotatable bonds is 3. The summed E-state index contributed by atoms with van der Waals surface area (Å²) in [5.41, 5.74) is 4.90. The third-order valence-corrected chi connectivity index (χ3v) is 5.28. The smallest absolute Gasteiger partial charge is 0.227 e. The topological polar surface area (TPSA) is 23.6 Å². The van der Waals surface area contributed by atoms with Crippen molar-refractivity contribution in [1.29, 1.82) is 0 Å². The Kier molecular flexibility index (Phi) is 5.24. The summed E-state index contributed by atoms with van der Waals surface area (Å²) in [7, 11) is 0. The van der Waals surface area contributed by atoms with Gasteiger partial charge in [-0.05, 0) is 48.7 Å². The van der Waals surface area contributed by atoms with Gasteiger partial charge in [-0.2, -0.15) is 0 Å². The molecule has 0 bridgehead atoms. The summed E-state index contributed by atoms with van der Waals surface area (Å²) in [6.45, 7) is 7.63. The van der Waals surface area contributed by atoms with Crippen molar-refractivity contribution in [2.75, 3.05) is 31.1 Å². The van der Waals surface area contributed by atoms with Gasteiger partial charge in [-0.25, -0.2) is 0 Å². The Morgan fingerprint density at radius 3 is 2.25 bits per heavy atom. The van der Waals surface area contributed by atoms with Crippen molar-refractivity contribution in [1.82, 2.24) is 4.90 Å². The van der Waals surface area contributed by atoms with Gasteiger partial charge in [0, 0.05) is 36.3 Å². The minimum absolute atomic E-state index is 0.210. The van der Waals surface area contributed by atoms with Crippen LogP contribution >= 0.6 is 15.9 Å². The first-order valence-electron chi connectivity index (χ1n) is 8.37. The predicted octanol–water partition coefficient (Wildman–Crippen LogP) is 3.96. The van der Waals surface area contributed by atoms with Crippen LogP contribution in [0.25, 0.3) is 0 Å². The molecule has 0 N–H and O–H groups in total. The fourth-order valence-corrected chi connectivity index (χ4v) is 3.69. The minimum Gasteiger partial charge on any atom is -0.368 e. The number of carbonyl (C=O) groups excluding carboxylic acids is 1. The van der Waals surface area contributed by atoms with E-state index in [1.54, 1.807) is 0 Å². The van der Waals surface area contributed by atoms with E-state index in [4.69, 9.17) is 0 Å². The maximum absolute atomic E-state index is 12.6. The van der Waals surface area contributed by atoms with Crippen molar-refractivity contribution in [2.24, 2.45) is 0 Å². The molecule has 1 fully saturated rings. The molecule has 2 aromatic carbocycles. The molecule has 0 radical (unpaired) electrons. The van der Waals surface area contributed by atoms with Gasteiger partial charge in [0.1, 0.15) is 0 Å². The molecule has 0 unspecified atom stereocenters. The van der Waals surface area contributed by atoms with Crippen LogP contribution in [0, 0.1) is 13.8 Å². The number of benzene rings is 2. The first-order valence-corrected chi connectivity index (χ1v) is 9.16. The van der Waals surface area contributed by atoms with E-state index in [0.29, 0.717) is 6.42 Å². The summed E-state index contributed by atoms with van der Waals surface area (Å²) < 4.78 is 1.01. The van der Waals surface area contributed by atoms with Crippen molar-refractivity contribution in [2.45, 2.75) is 20.3 Å². The van der Waals surface area contributed by atoms with Gasteiger partial charge in [0.2, 0.25) is 5.91 Å². The highest BCUT2D eigenvalue weighted by atomic mass is 79.9. The van der Waals surface area contributed by atoms with Crippen LogP contribution in [-0.2, 0) is 11.2 Å². The third kappa shape index (κ3) is 3.99. The zero-order valence-electron chi connectivity index (χ0n) is 14.3. The van der Waals surface area contributed by atoms with E-state index in [1.165, 1.54) is 16.8 Å². The second kappa shape index (κ2) is 7.39. The Bertz CT molecular complexity index is 716. The third-order valence-electron chi connectivity index (χ3n) is 4.50. The summed E-state index contributed by atoms with van der Waals surface area (Å²) >= 11 is 3.52. The molecule has 2 aromatic rings. The number of hydrogen-bond acceptors (Lipinski definition) is 2. The molecule has 1 heterocycles. The van der Waals surface area contributed by atoms with Gasteiger partial charge in [-0.1, -0.05) is 40.2 Å². The number of anilines is 1. The average Bonchev–Trinajstić information content (AvgIpc) is 2.56. The summed E-state index contributed by atoms with van der Waals surface area (Å²) in [4.78, 5) is 16.9. The zero-order valence-corrected chi connectivity index (χ0v) is 15.8. The first kappa shape index (κ1) is 17.0. The molecule has 1 aliphatic rings. The van der Waals surface area contributed by atoms with E-state index >= 15 is 0 Å². The van der Waals surface area contributed by atoms with Gasteiger partial charge in [-0.3, -0.25) is 4.79 Å². The van der Waals surface area contributed by atoms with Crippen molar-refractivity contribution in [3.05, 3.63) is 63.6 Å². The second-order valence-corrected chi connectivity index (χ2v) is 7.34. The molecule has 0 spiro atoms. The first-order chi connectivity index (χ1) is 11.5. The van der Waals surface area contributed by atoms with Crippen LogP contribution in [0.5, 0.6) is 0 Å². The SMILES string of the molecule is Cc1cc(C)cc(N2CCN(C(=O)Cc3ccccc3Br)CC2)c1. The normalized spacial score (nSPS) is 14.8. The maximum atomic E-state index is 12.6. The molecular formula is C20H23BrN2O. The number of halogens is 1. The number of amides is 1. The number of carbonyl (C=O) groups is 1. The largest absolute Gasteiger partial charge is 0.368 e. The standard InChI is InChI=1S/C20H23BrN2O/c1-15-11-16(2)13-18(12-15)22-7-9-23(10-8-22)20(24)14-17-5-3-4-6-19(17)21/h3-6,11-13H,7-10,14H2,1-2H3. The van der Waals surface area contributed by atoms with Crippen LogP contribution in [0.3, 0.4) is 0 Å². The van der Waals surface area contributed by atoms with Crippen LogP contribution < -0.4 is 4.90 Å². The molecule has 0 aromatic heterocycles. The number of piperazine rings is 1. The number of hydrogen-bond donors (Lipinski definition) is 0. The van der Waals surface area contributed by atoms with Crippen LogP contribution in [-0.4, -0.2) is 37.0 Å². The van der Waals surface area contributed by atoms with Crippen molar-refractivity contribution in [3.8, 4) is 0 Å². The quantitative estimate of drug-likeness (QED) is 0.796. The van der Waals surface area contributed by atoms with Crippen molar-refractivity contribution in [3.63, 3.8) is 0 Å². The lowest BCUT2D eigenvalue weighted by Crippen LogP contribution is -2.49. The lowest BCUT2D eigenvalue weighted by atomic mass is 10.1. The molecule has 1 amide bonds. The van der Waals surface area contributed by atoms with E-state index in [1.807, 2.05) is 29.2 Å². The van der Waals surface area contributed by atoms with Gasteiger partial charge >= 0.3 is 0 Å². The lowest BCUT2D eigenvalue weighted by Gasteiger charge is -2.36. The molecular weight excluding hydrogens is 364 g/mol. The van der Waals surface area contributed by atoms with Crippen LogP contribution in [0.4, 0.5) is 5.69 Å².